The molecule has 0 radical (unpaired) electrons. The van der Waals surface area contributed by atoms with Crippen LogP contribution in [0.4, 0.5) is 4.79 Å². The van der Waals surface area contributed by atoms with E-state index in [-0.39, 0.29) is 29.8 Å². The minimum atomic E-state index is -0.575. The van der Waals surface area contributed by atoms with E-state index in [9.17, 15) is 14.4 Å². The number of hydrogen-bond acceptors (Lipinski definition) is 5. The van der Waals surface area contributed by atoms with Gasteiger partial charge in [-0.25, -0.2) is 4.79 Å². The molecule has 4 rings (SSSR count). The summed E-state index contributed by atoms with van der Waals surface area (Å²) < 4.78 is 5.45. The number of fused-ring (bicyclic) bond motifs is 1. The average Bonchev–Trinajstić information content (AvgIpc) is 3.45. The van der Waals surface area contributed by atoms with Crippen molar-refractivity contribution in [2.75, 3.05) is 13.1 Å². The van der Waals surface area contributed by atoms with Gasteiger partial charge in [0.15, 0.2) is 0 Å². The number of nitrogens with one attached hydrogen (secondary N) is 3. The molecule has 39 heavy (non-hydrogen) atoms. The zero-order chi connectivity index (χ0) is 28.3. The fourth-order valence-corrected chi connectivity index (χ4v) is 4.99. The predicted octanol–water partition coefficient (Wildman–Crippen LogP) is 5.13. The minimum absolute atomic E-state index is 0.0640. The van der Waals surface area contributed by atoms with Gasteiger partial charge < -0.3 is 20.4 Å². The van der Waals surface area contributed by atoms with Crippen LogP contribution < -0.4 is 10.6 Å². The van der Waals surface area contributed by atoms with Gasteiger partial charge in [-0.05, 0) is 75.9 Å². The third kappa shape index (κ3) is 7.29. The molecule has 9 nitrogen and oxygen atoms in total. The number of aromatic amines is 1. The van der Waals surface area contributed by atoms with Crippen LogP contribution in [0.5, 0.6) is 0 Å². The third-order valence-corrected chi connectivity index (χ3v) is 7.09. The van der Waals surface area contributed by atoms with Crippen molar-refractivity contribution in [2.24, 2.45) is 4.99 Å². The number of rotatable bonds is 6. The van der Waals surface area contributed by atoms with Crippen molar-refractivity contribution in [2.45, 2.75) is 71.1 Å². The van der Waals surface area contributed by atoms with Gasteiger partial charge in [-0.2, -0.15) is 0 Å². The van der Waals surface area contributed by atoms with Crippen LogP contribution in [-0.4, -0.2) is 64.8 Å². The maximum Gasteiger partial charge on any atom is 0.410 e. The summed E-state index contributed by atoms with van der Waals surface area (Å²) in [5.41, 5.74) is 2.58. The maximum atomic E-state index is 13.0. The zero-order valence-electron chi connectivity index (χ0n) is 22.9. The summed E-state index contributed by atoms with van der Waals surface area (Å²) in [6.07, 6.45) is 4.61. The molecule has 1 aliphatic heterocycles. The van der Waals surface area contributed by atoms with Crippen LogP contribution in [0.15, 0.2) is 52.7 Å². The number of carbonyl (C=O) groups is 3. The van der Waals surface area contributed by atoms with Crippen LogP contribution in [0, 0.1) is 0 Å². The van der Waals surface area contributed by atoms with Crippen molar-refractivity contribution in [1.82, 2.24) is 20.5 Å². The predicted molar refractivity (Wildman–Crippen MR) is 153 cm³/mol. The molecule has 0 saturated heterocycles. The molecule has 3 amide bonds. The molecule has 1 aromatic heterocycles. The van der Waals surface area contributed by atoms with E-state index < -0.39 is 11.5 Å². The van der Waals surface area contributed by atoms with Gasteiger partial charge in [-0.15, -0.1) is 0 Å². The largest absolute Gasteiger partial charge is 0.444 e. The number of hydrogen-bond donors (Lipinski definition) is 3. The number of H-pyrrole nitrogens is 1. The van der Waals surface area contributed by atoms with Crippen molar-refractivity contribution in [1.29, 1.82) is 0 Å². The van der Waals surface area contributed by atoms with Crippen molar-refractivity contribution in [3.63, 3.8) is 0 Å². The van der Waals surface area contributed by atoms with E-state index in [4.69, 9.17) is 16.3 Å². The molecule has 2 atom stereocenters. The van der Waals surface area contributed by atoms with Crippen LogP contribution in [-0.2, 0) is 9.53 Å². The van der Waals surface area contributed by atoms with Crippen molar-refractivity contribution in [3.05, 3.63) is 58.4 Å². The molecule has 10 heteroatoms. The molecular formula is C29H36ClN5O4. The molecule has 1 saturated carbocycles. The normalized spacial score (nSPS) is 20.0. The Labute approximate surface area is 233 Å². The molecular weight excluding hydrogens is 518 g/mol. The molecule has 2 aromatic rings. The lowest BCUT2D eigenvalue weighted by atomic mass is 9.90. The number of aromatic nitrogens is 1. The molecule has 0 unspecified atom stereocenters. The van der Waals surface area contributed by atoms with E-state index >= 15 is 0 Å². The maximum absolute atomic E-state index is 13.0. The molecule has 2 aliphatic rings. The Kier molecular flexibility index (Phi) is 8.49. The Hall–Kier alpha value is -3.59. The second-order valence-electron chi connectivity index (χ2n) is 11.2. The summed E-state index contributed by atoms with van der Waals surface area (Å²) in [7, 11) is 0. The lowest BCUT2D eigenvalue weighted by Crippen LogP contribution is -2.53. The highest BCUT2D eigenvalue weighted by Crippen LogP contribution is 2.23. The van der Waals surface area contributed by atoms with Crippen LogP contribution in [0.25, 0.3) is 10.9 Å². The molecule has 1 aliphatic carbocycles. The number of amides is 3. The molecule has 0 spiro atoms. The lowest BCUT2D eigenvalue weighted by molar-refractivity contribution is -0.118. The summed E-state index contributed by atoms with van der Waals surface area (Å²) >= 11 is 6.07. The highest BCUT2D eigenvalue weighted by Gasteiger charge is 2.30. The van der Waals surface area contributed by atoms with Gasteiger partial charge >= 0.3 is 6.09 Å². The molecule has 208 valence electrons. The first-order valence-electron chi connectivity index (χ1n) is 13.2. The van der Waals surface area contributed by atoms with E-state index in [2.05, 4.69) is 27.2 Å². The van der Waals surface area contributed by atoms with Crippen LogP contribution >= 0.6 is 11.6 Å². The highest BCUT2D eigenvalue weighted by atomic mass is 35.5. The zero-order valence-corrected chi connectivity index (χ0v) is 23.7. The quantitative estimate of drug-likeness (QED) is 0.339. The van der Waals surface area contributed by atoms with Gasteiger partial charge in [0.25, 0.3) is 11.8 Å². The Morgan fingerprint density at radius 3 is 2.51 bits per heavy atom. The van der Waals surface area contributed by atoms with Crippen LogP contribution in [0.3, 0.4) is 0 Å². The van der Waals surface area contributed by atoms with Crippen LogP contribution in [0.2, 0.25) is 5.02 Å². The Morgan fingerprint density at radius 1 is 1.13 bits per heavy atom. The molecule has 0 bridgehead atoms. The second-order valence-corrected chi connectivity index (χ2v) is 11.6. The number of aliphatic imine (C=N–C) groups is 1. The number of benzene rings is 1. The van der Waals surface area contributed by atoms with E-state index in [1.807, 2.05) is 33.8 Å². The number of nitrogens with zero attached hydrogens (tertiary/aromatic N) is 2. The summed E-state index contributed by atoms with van der Waals surface area (Å²) in [6, 6.07) is 6.72. The van der Waals surface area contributed by atoms with Gasteiger partial charge in [0.05, 0.1) is 6.54 Å². The Bertz CT molecular complexity index is 1350. The summed E-state index contributed by atoms with van der Waals surface area (Å²) in [6.45, 7) is 12.0. The Morgan fingerprint density at radius 2 is 1.82 bits per heavy atom. The van der Waals surface area contributed by atoms with E-state index in [0.717, 1.165) is 47.7 Å². The summed E-state index contributed by atoms with van der Waals surface area (Å²) in [5.74, 6) is -0.624. The monoisotopic (exact) mass is 553 g/mol. The van der Waals surface area contributed by atoms with Gasteiger partial charge in [0.2, 0.25) is 0 Å². The number of halogens is 1. The SMILES string of the molecule is C=C(N=CC1=C(C)CN(C(=O)OC(C)(C)C)C1)C(=O)N[C@@H]1CCCC[C@@H]1NC(=O)c1cc2cc(Cl)ccc2[nH]1. The summed E-state index contributed by atoms with van der Waals surface area (Å²) in [5, 5.41) is 7.54. The first-order chi connectivity index (χ1) is 18.4. The smallest absolute Gasteiger partial charge is 0.410 e. The van der Waals surface area contributed by atoms with Crippen molar-refractivity contribution < 1.29 is 19.1 Å². The fourth-order valence-electron chi connectivity index (χ4n) is 4.81. The molecule has 2 heterocycles. The standard InChI is InChI=1S/C29H36ClN5O4/c1-17-15-35(28(38)39-29(3,4)5)16-20(17)14-31-18(2)26(36)33-23-8-6-7-9-24(23)34-27(37)25-13-19-12-21(30)10-11-22(19)32-25/h10-14,23-24,32H,2,6-9,15-16H2,1,3-5H3,(H,33,36)(H,34,37)/t23-,24+/m1/s1. The van der Waals surface area contributed by atoms with Gasteiger partial charge in [0, 0.05) is 40.8 Å². The fraction of sp³-hybridized carbons (Fsp3) is 0.448. The Balaban J connectivity index is 1.33. The minimum Gasteiger partial charge on any atom is -0.444 e. The van der Waals surface area contributed by atoms with Crippen LogP contribution in [0.1, 0.15) is 63.9 Å². The van der Waals surface area contributed by atoms with Gasteiger partial charge in [0.1, 0.15) is 17.0 Å². The first-order valence-corrected chi connectivity index (χ1v) is 13.6. The molecule has 3 N–H and O–H groups in total. The highest BCUT2D eigenvalue weighted by molar-refractivity contribution is 6.31. The number of carbonyl (C=O) groups excluding carboxylic acids is 3. The van der Waals surface area contributed by atoms with Gasteiger partial charge in [-0.3, -0.25) is 19.5 Å². The summed E-state index contributed by atoms with van der Waals surface area (Å²) in [4.78, 5) is 47.3. The van der Waals surface area contributed by atoms with Crippen molar-refractivity contribution in [3.8, 4) is 0 Å². The van der Waals surface area contributed by atoms with E-state index in [1.165, 1.54) is 0 Å². The molecule has 1 fully saturated rings. The lowest BCUT2D eigenvalue weighted by Gasteiger charge is -2.32. The number of ether oxygens (including phenoxy) is 1. The molecule has 1 aromatic carbocycles. The van der Waals surface area contributed by atoms with Gasteiger partial charge in [-0.1, -0.05) is 31.0 Å². The second kappa shape index (κ2) is 11.7. The third-order valence-electron chi connectivity index (χ3n) is 6.85. The average molecular weight is 554 g/mol. The van der Waals surface area contributed by atoms with Crippen molar-refractivity contribution >= 4 is 46.6 Å². The topological polar surface area (TPSA) is 116 Å². The van der Waals surface area contributed by atoms with E-state index in [1.54, 1.807) is 29.3 Å². The van der Waals surface area contributed by atoms with E-state index in [0.29, 0.717) is 23.8 Å². The first kappa shape index (κ1) is 28.4.